The first-order valence-corrected chi connectivity index (χ1v) is 5.71. The van der Waals surface area contributed by atoms with Crippen molar-refractivity contribution in [1.82, 2.24) is 0 Å². The summed E-state index contributed by atoms with van der Waals surface area (Å²) in [5, 5.41) is 0. The maximum atomic E-state index is 3.57. The van der Waals surface area contributed by atoms with Gasteiger partial charge in [-0.05, 0) is 37.8 Å². The van der Waals surface area contributed by atoms with Gasteiger partial charge in [0.1, 0.15) is 0 Å². The molecule has 1 heteroatoms. The first-order chi connectivity index (χ1) is 6.09. The molecule has 13 heavy (non-hydrogen) atoms. The largest absolute Gasteiger partial charge is 0.0894 e. The number of hydrogen-bond acceptors (Lipinski definition) is 0. The Morgan fingerprint density at radius 1 is 1.31 bits per heavy atom. The monoisotopic (exact) mass is 240 g/mol. The second kappa shape index (κ2) is 4.80. The molecule has 1 atom stereocenters. The summed E-state index contributed by atoms with van der Waals surface area (Å²) >= 11 is 3.57. The van der Waals surface area contributed by atoms with Crippen LogP contribution in [0.4, 0.5) is 0 Å². The Labute approximate surface area is 89.5 Å². The second-order valence-corrected chi connectivity index (χ2v) is 5.31. The molecule has 1 rings (SSSR count). The van der Waals surface area contributed by atoms with Crippen LogP contribution in [0.3, 0.4) is 0 Å². The highest BCUT2D eigenvalue weighted by atomic mass is 79.9. The third-order valence-corrected chi connectivity index (χ3v) is 2.77. The van der Waals surface area contributed by atoms with Crippen LogP contribution in [0.1, 0.15) is 30.0 Å². The fourth-order valence-electron chi connectivity index (χ4n) is 1.48. The van der Waals surface area contributed by atoms with Gasteiger partial charge < -0.3 is 0 Å². The molecule has 0 radical (unpaired) electrons. The van der Waals surface area contributed by atoms with Gasteiger partial charge in [0.05, 0.1) is 0 Å². The van der Waals surface area contributed by atoms with Crippen LogP contribution < -0.4 is 0 Å². The molecule has 0 aliphatic carbocycles. The topological polar surface area (TPSA) is 0 Å². The Kier molecular flexibility index (Phi) is 3.98. The Morgan fingerprint density at radius 3 is 2.54 bits per heavy atom. The number of aryl methyl sites for hydroxylation is 3. The van der Waals surface area contributed by atoms with Gasteiger partial charge in [-0.15, -0.1) is 0 Å². The van der Waals surface area contributed by atoms with E-state index in [4.69, 9.17) is 0 Å². The van der Waals surface area contributed by atoms with Crippen LogP contribution in [-0.4, -0.2) is 4.83 Å². The lowest BCUT2D eigenvalue weighted by Crippen LogP contribution is -1.96. The van der Waals surface area contributed by atoms with E-state index in [2.05, 4.69) is 54.9 Å². The van der Waals surface area contributed by atoms with Crippen molar-refractivity contribution in [1.29, 1.82) is 0 Å². The first-order valence-electron chi connectivity index (χ1n) is 4.80. The average molecular weight is 241 g/mol. The van der Waals surface area contributed by atoms with E-state index < -0.39 is 0 Å². The Balaban J connectivity index is 2.67. The summed E-state index contributed by atoms with van der Waals surface area (Å²) in [4.78, 5) is 0.619. The van der Waals surface area contributed by atoms with Crippen molar-refractivity contribution in [2.24, 2.45) is 0 Å². The molecule has 0 aromatic heterocycles. The lowest BCUT2D eigenvalue weighted by molar-refractivity contribution is 0.817. The lowest BCUT2D eigenvalue weighted by atomic mass is 10.0. The SMILES string of the molecule is Cc1ccc(CCC(C)Br)c(C)c1. The Hall–Kier alpha value is -0.300. The summed E-state index contributed by atoms with van der Waals surface area (Å²) in [7, 11) is 0. The summed E-state index contributed by atoms with van der Waals surface area (Å²) in [6.45, 7) is 6.54. The van der Waals surface area contributed by atoms with E-state index in [0.29, 0.717) is 4.83 Å². The molecule has 0 aliphatic heterocycles. The van der Waals surface area contributed by atoms with E-state index in [-0.39, 0.29) is 0 Å². The summed E-state index contributed by atoms with van der Waals surface area (Å²) < 4.78 is 0. The number of rotatable bonds is 3. The molecule has 0 saturated heterocycles. The standard InChI is InChI=1S/C12H17Br/c1-9-4-6-12(10(2)8-9)7-5-11(3)13/h4,6,8,11H,5,7H2,1-3H3. The molecule has 0 spiro atoms. The van der Waals surface area contributed by atoms with Crippen LogP contribution in [0.15, 0.2) is 18.2 Å². The third kappa shape index (κ3) is 3.51. The maximum absolute atomic E-state index is 3.57. The zero-order valence-corrected chi connectivity index (χ0v) is 10.2. The third-order valence-electron chi connectivity index (χ3n) is 2.31. The van der Waals surface area contributed by atoms with Crippen molar-refractivity contribution in [3.05, 3.63) is 34.9 Å². The Morgan fingerprint density at radius 2 is 2.00 bits per heavy atom. The minimum absolute atomic E-state index is 0.619. The zero-order valence-electron chi connectivity index (χ0n) is 8.60. The van der Waals surface area contributed by atoms with Gasteiger partial charge in [0.25, 0.3) is 0 Å². The molecular formula is C12H17Br. The molecule has 0 N–H and O–H groups in total. The van der Waals surface area contributed by atoms with Crippen molar-refractivity contribution in [2.75, 3.05) is 0 Å². The van der Waals surface area contributed by atoms with Crippen molar-refractivity contribution < 1.29 is 0 Å². The molecule has 1 unspecified atom stereocenters. The van der Waals surface area contributed by atoms with Gasteiger partial charge in [0.15, 0.2) is 0 Å². The van der Waals surface area contributed by atoms with Gasteiger partial charge in [0, 0.05) is 4.83 Å². The molecule has 0 heterocycles. The van der Waals surface area contributed by atoms with E-state index >= 15 is 0 Å². The fraction of sp³-hybridized carbons (Fsp3) is 0.500. The highest BCUT2D eigenvalue weighted by Gasteiger charge is 2.00. The van der Waals surface area contributed by atoms with E-state index in [0.717, 1.165) is 0 Å². The quantitative estimate of drug-likeness (QED) is 0.701. The van der Waals surface area contributed by atoms with Gasteiger partial charge in [-0.1, -0.05) is 46.6 Å². The molecular weight excluding hydrogens is 224 g/mol. The minimum atomic E-state index is 0.619. The predicted molar refractivity (Wildman–Crippen MR) is 62.6 cm³/mol. The average Bonchev–Trinajstić information content (AvgIpc) is 2.02. The van der Waals surface area contributed by atoms with Crippen molar-refractivity contribution >= 4 is 15.9 Å². The molecule has 0 aliphatic rings. The van der Waals surface area contributed by atoms with Crippen LogP contribution in [0.5, 0.6) is 0 Å². The number of hydrogen-bond donors (Lipinski definition) is 0. The van der Waals surface area contributed by atoms with Gasteiger partial charge in [-0.2, -0.15) is 0 Å². The van der Waals surface area contributed by atoms with Gasteiger partial charge in [0.2, 0.25) is 0 Å². The maximum Gasteiger partial charge on any atom is 0.0120 e. The molecule has 0 nitrogen and oxygen atoms in total. The van der Waals surface area contributed by atoms with Crippen LogP contribution >= 0.6 is 15.9 Å². The van der Waals surface area contributed by atoms with Crippen LogP contribution in [0, 0.1) is 13.8 Å². The van der Waals surface area contributed by atoms with E-state index in [1.54, 1.807) is 0 Å². The summed E-state index contributed by atoms with van der Waals surface area (Å²) in [5.41, 5.74) is 4.26. The van der Waals surface area contributed by atoms with Crippen molar-refractivity contribution in [2.45, 2.75) is 38.4 Å². The lowest BCUT2D eigenvalue weighted by Gasteiger charge is -2.07. The smallest absolute Gasteiger partial charge is 0.0120 e. The summed E-state index contributed by atoms with van der Waals surface area (Å²) in [6.07, 6.45) is 2.39. The van der Waals surface area contributed by atoms with Crippen molar-refractivity contribution in [3.63, 3.8) is 0 Å². The molecule has 0 amide bonds. The van der Waals surface area contributed by atoms with Crippen LogP contribution in [-0.2, 0) is 6.42 Å². The fourth-order valence-corrected chi connectivity index (χ4v) is 1.71. The molecule has 0 bridgehead atoms. The van der Waals surface area contributed by atoms with Crippen LogP contribution in [0.25, 0.3) is 0 Å². The van der Waals surface area contributed by atoms with Gasteiger partial charge >= 0.3 is 0 Å². The summed E-state index contributed by atoms with van der Waals surface area (Å²) in [6, 6.07) is 6.70. The molecule has 0 saturated carbocycles. The van der Waals surface area contributed by atoms with E-state index in [1.165, 1.54) is 29.5 Å². The molecule has 72 valence electrons. The van der Waals surface area contributed by atoms with Crippen molar-refractivity contribution in [3.8, 4) is 0 Å². The molecule has 1 aromatic rings. The Bertz CT molecular complexity index is 276. The highest BCUT2D eigenvalue weighted by molar-refractivity contribution is 9.09. The van der Waals surface area contributed by atoms with Crippen LogP contribution in [0.2, 0.25) is 0 Å². The minimum Gasteiger partial charge on any atom is -0.0894 e. The second-order valence-electron chi connectivity index (χ2n) is 3.75. The van der Waals surface area contributed by atoms with E-state index in [9.17, 15) is 0 Å². The number of alkyl halides is 1. The molecule has 0 fully saturated rings. The first kappa shape index (κ1) is 10.8. The van der Waals surface area contributed by atoms with E-state index in [1.807, 2.05) is 0 Å². The number of benzene rings is 1. The molecule has 1 aromatic carbocycles. The normalized spacial score (nSPS) is 12.9. The summed E-state index contributed by atoms with van der Waals surface area (Å²) in [5.74, 6) is 0. The predicted octanol–water partition coefficient (Wildman–Crippen LogP) is 4.02. The van der Waals surface area contributed by atoms with Gasteiger partial charge in [-0.25, -0.2) is 0 Å². The number of halogens is 1. The highest BCUT2D eigenvalue weighted by Crippen LogP contribution is 2.15. The zero-order chi connectivity index (χ0) is 9.84. The van der Waals surface area contributed by atoms with Gasteiger partial charge in [-0.3, -0.25) is 0 Å².